The Kier molecular flexibility index (Phi) is 5.26. The van der Waals surface area contributed by atoms with Crippen molar-refractivity contribution in [2.24, 2.45) is 17.6 Å². The first-order chi connectivity index (χ1) is 9.19. The van der Waals surface area contributed by atoms with Crippen LogP contribution in [0.15, 0.2) is 24.3 Å². The van der Waals surface area contributed by atoms with Crippen molar-refractivity contribution in [3.63, 3.8) is 0 Å². The van der Waals surface area contributed by atoms with Crippen LogP contribution in [0, 0.1) is 11.8 Å². The molecular weight excluding hydrogens is 234 g/mol. The molecule has 2 heteroatoms. The molecule has 2 N–H and O–H groups in total. The number of aryl methyl sites for hydroxylation is 1. The summed E-state index contributed by atoms with van der Waals surface area (Å²) < 4.78 is 5.18. The van der Waals surface area contributed by atoms with Crippen LogP contribution < -0.4 is 10.5 Å². The largest absolute Gasteiger partial charge is 0.497 e. The van der Waals surface area contributed by atoms with Crippen LogP contribution in [0.1, 0.15) is 44.6 Å². The van der Waals surface area contributed by atoms with Crippen LogP contribution >= 0.6 is 0 Å². The van der Waals surface area contributed by atoms with E-state index in [0.29, 0.717) is 6.04 Å². The summed E-state index contributed by atoms with van der Waals surface area (Å²) in [6.07, 6.45) is 7.58. The molecule has 0 aromatic heterocycles. The molecule has 1 saturated carbocycles. The van der Waals surface area contributed by atoms with Gasteiger partial charge in [-0.15, -0.1) is 0 Å². The first-order valence-electron chi connectivity index (χ1n) is 7.57. The Balaban J connectivity index is 1.80. The highest BCUT2D eigenvalue weighted by Crippen LogP contribution is 2.31. The summed E-state index contributed by atoms with van der Waals surface area (Å²) in [4.78, 5) is 0. The number of hydrogen-bond donors (Lipinski definition) is 1. The normalized spacial score (nSPS) is 25.0. The van der Waals surface area contributed by atoms with Crippen molar-refractivity contribution in [2.75, 3.05) is 7.11 Å². The van der Waals surface area contributed by atoms with E-state index < -0.39 is 0 Å². The molecular formula is C17H27NO. The monoisotopic (exact) mass is 261 g/mol. The Morgan fingerprint density at radius 3 is 2.63 bits per heavy atom. The minimum atomic E-state index is 0.366. The van der Waals surface area contributed by atoms with E-state index in [9.17, 15) is 0 Å². The number of benzene rings is 1. The Bertz CT molecular complexity index is 373. The molecule has 0 bridgehead atoms. The third kappa shape index (κ3) is 4.24. The molecule has 19 heavy (non-hydrogen) atoms. The van der Waals surface area contributed by atoms with Crippen LogP contribution in [0.25, 0.3) is 0 Å². The summed E-state index contributed by atoms with van der Waals surface area (Å²) in [5.41, 5.74) is 7.75. The van der Waals surface area contributed by atoms with Gasteiger partial charge >= 0.3 is 0 Å². The van der Waals surface area contributed by atoms with E-state index in [1.54, 1.807) is 7.11 Å². The van der Waals surface area contributed by atoms with E-state index in [4.69, 9.17) is 10.5 Å². The fourth-order valence-corrected chi connectivity index (χ4v) is 3.23. The van der Waals surface area contributed by atoms with Crippen molar-refractivity contribution in [3.8, 4) is 5.75 Å². The first-order valence-corrected chi connectivity index (χ1v) is 7.57. The van der Waals surface area contributed by atoms with E-state index in [1.807, 2.05) is 12.1 Å². The quantitative estimate of drug-likeness (QED) is 0.875. The zero-order chi connectivity index (χ0) is 13.7. The lowest BCUT2D eigenvalue weighted by molar-refractivity contribution is 0.240. The van der Waals surface area contributed by atoms with Gasteiger partial charge in [-0.2, -0.15) is 0 Å². The topological polar surface area (TPSA) is 35.2 Å². The molecule has 0 aliphatic heterocycles. The molecule has 1 aromatic rings. The molecule has 3 atom stereocenters. The standard InChI is InChI=1S/C17H27NO/c1-13-4-3-5-15(12-13)17(18)11-8-14-6-9-16(19-2)10-7-14/h6-7,9-10,13,15,17H,3-5,8,11-12,18H2,1-2H3. The second kappa shape index (κ2) is 6.95. The molecule has 2 nitrogen and oxygen atoms in total. The maximum Gasteiger partial charge on any atom is 0.118 e. The summed E-state index contributed by atoms with van der Waals surface area (Å²) in [6, 6.07) is 8.72. The van der Waals surface area contributed by atoms with Gasteiger partial charge in [-0.3, -0.25) is 0 Å². The molecule has 0 spiro atoms. The molecule has 0 radical (unpaired) electrons. The van der Waals surface area contributed by atoms with Crippen LogP contribution in [0.3, 0.4) is 0 Å². The van der Waals surface area contributed by atoms with Crippen LogP contribution in [0.2, 0.25) is 0 Å². The van der Waals surface area contributed by atoms with Crippen molar-refractivity contribution in [1.82, 2.24) is 0 Å². The minimum absolute atomic E-state index is 0.366. The third-order valence-electron chi connectivity index (χ3n) is 4.51. The van der Waals surface area contributed by atoms with Crippen molar-refractivity contribution in [1.29, 1.82) is 0 Å². The molecule has 3 unspecified atom stereocenters. The van der Waals surface area contributed by atoms with Gasteiger partial charge in [-0.1, -0.05) is 31.9 Å². The predicted octanol–water partition coefficient (Wildman–Crippen LogP) is 3.78. The summed E-state index contributed by atoms with van der Waals surface area (Å²) >= 11 is 0. The molecule has 1 fully saturated rings. The number of hydrogen-bond acceptors (Lipinski definition) is 2. The van der Waals surface area contributed by atoms with Gasteiger partial charge in [-0.05, 0) is 55.2 Å². The van der Waals surface area contributed by atoms with Gasteiger partial charge in [0, 0.05) is 6.04 Å². The number of ether oxygens (including phenoxy) is 1. The predicted molar refractivity (Wildman–Crippen MR) is 80.4 cm³/mol. The van der Waals surface area contributed by atoms with Crippen LogP contribution in [-0.4, -0.2) is 13.2 Å². The first kappa shape index (κ1) is 14.4. The van der Waals surface area contributed by atoms with Gasteiger partial charge in [0.1, 0.15) is 5.75 Å². The van der Waals surface area contributed by atoms with Gasteiger partial charge < -0.3 is 10.5 Å². The lowest BCUT2D eigenvalue weighted by Gasteiger charge is -2.31. The molecule has 0 heterocycles. The molecule has 106 valence electrons. The Hall–Kier alpha value is -1.02. The van der Waals surface area contributed by atoms with E-state index in [0.717, 1.165) is 30.4 Å². The van der Waals surface area contributed by atoms with Gasteiger partial charge in [0.15, 0.2) is 0 Å². The maximum absolute atomic E-state index is 6.39. The molecule has 1 aromatic carbocycles. The van der Waals surface area contributed by atoms with Crippen molar-refractivity contribution in [2.45, 2.75) is 51.5 Å². The Morgan fingerprint density at radius 1 is 1.26 bits per heavy atom. The van der Waals surface area contributed by atoms with E-state index in [2.05, 4.69) is 19.1 Å². The van der Waals surface area contributed by atoms with Crippen LogP contribution in [0.5, 0.6) is 5.75 Å². The molecule has 0 saturated heterocycles. The summed E-state index contributed by atoms with van der Waals surface area (Å²) in [7, 11) is 1.70. The lowest BCUT2D eigenvalue weighted by Crippen LogP contribution is -2.33. The summed E-state index contributed by atoms with van der Waals surface area (Å²) in [5, 5.41) is 0. The molecule has 1 aliphatic carbocycles. The van der Waals surface area contributed by atoms with Crippen molar-refractivity contribution < 1.29 is 4.74 Å². The average molecular weight is 261 g/mol. The number of methoxy groups -OCH3 is 1. The molecule has 2 rings (SSSR count). The molecule has 0 amide bonds. The molecule has 1 aliphatic rings. The summed E-state index contributed by atoms with van der Waals surface area (Å²) in [5.74, 6) is 2.53. The highest BCUT2D eigenvalue weighted by Gasteiger charge is 2.23. The maximum atomic E-state index is 6.39. The van der Waals surface area contributed by atoms with E-state index in [-0.39, 0.29) is 0 Å². The average Bonchev–Trinajstić information content (AvgIpc) is 2.45. The second-order valence-corrected chi connectivity index (χ2v) is 6.08. The van der Waals surface area contributed by atoms with Gasteiger partial charge in [0.05, 0.1) is 7.11 Å². The number of rotatable bonds is 5. The van der Waals surface area contributed by atoms with Gasteiger partial charge in [0.25, 0.3) is 0 Å². The van der Waals surface area contributed by atoms with E-state index >= 15 is 0 Å². The lowest BCUT2D eigenvalue weighted by atomic mass is 9.77. The number of nitrogens with two attached hydrogens (primary N) is 1. The van der Waals surface area contributed by atoms with Gasteiger partial charge in [0.2, 0.25) is 0 Å². The van der Waals surface area contributed by atoms with Crippen molar-refractivity contribution >= 4 is 0 Å². The highest BCUT2D eigenvalue weighted by molar-refractivity contribution is 5.27. The second-order valence-electron chi connectivity index (χ2n) is 6.08. The van der Waals surface area contributed by atoms with Crippen molar-refractivity contribution in [3.05, 3.63) is 29.8 Å². The van der Waals surface area contributed by atoms with Gasteiger partial charge in [-0.25, -0.2) is 0 Å². The zero-order valence-electron chi connectivity index (χ0n) is 12.3. The van der Waals surface area contributed by atoms with Crippen LogP contribution in [-0.2, 0) is 6.42 Å². The SMILES string of the molecule is COc1ccc(CCC(N)C2CCCC(C)C2)cc1. The van der Waals surface area contributed by atoms with Crippen LogP contribution in [0.4, 0.5) is 0 Å². The zero-order valence-corrected chi connectivity index (χ0v) is 12.3. The fourth-order valence-electron chi connectivity index (χ4n) is 3.23. The Morgan fingerprint density at radius 2 is 2.00 bits per heavy atom. The third-order valence-corrected chi connectivity index (χ3v) is 4.51. The fraction of sp³-hybridized carbons (Fsp3) is 0.647. The summed E-state index contributed by atoms with van der Waals surface area (Å²) in [6.45, 7) is 2.36. The Labute approximate surface area is 117 Å². The highest BCUT2D eigenvalue weighted by atomic mass is 16.5. The minimum Gasteiger partial charge on any atom is -0.497 e. The smallest absolute Gasteiger partial charge is 0.118 e. The van der Waals surface area contributed by atoms with E-state index in [1.165, 1.54) is 31.2 Å².